The van der Waals surface area contributed by atoms with Crippen LogP contribution in [0.1, 0.15) is 75.7 Å². The summed E-state index contributed by atoms with van der Waals surface area (Å²) in [6.07, 6.45) is 9.98. The monoisotopic (exact) mass is 551 g/mol. The summed E-state index contributed by atoms with van der Waals surface area (Å²) in [6.45, 7) is 10.7. The average molecular weight is 552 g/mol. The van der Waals surface area contributed by atoms with Crippen LogP contribution in [-0.4, -0.2) is 63.9 Å². The van der Waals surface area contributed by atoms with Crippen molar-refractivity contribution < 1.29 is 14.4 Å². The molecule has 2 heterocycles. The van der Waals surface area contributed by atoms with E-state index in [1.807, 2.05) is 35.1 Å². The Morgan fingerprint density at radius 3 is 2.38 bits per heavy atom. The third-order valence-corrected chi connectivity index (χ3v) is 6.97. The van der Waals surface area contributed by atoms with Gasteiger partial charge in [0.15, 0.2) is 0 Å². The van der Waals surface area contributed by atoms with Crippen LogP contribution in [0.2, 0.25) is 0 Å². The first-order valence-corrected chi connectivity index (χ1v) is 14.1. The standard InChI is InChI=1S/C29H43N8O3/c1-21(2)28(31-16-6-4-5-7-18-36-26(38)14-15-27(36)39)25-20-37(35-34-25)24(9-8-17-32-29(30)40)19-33-23-12-10-22(3)11-13-23/h10-15,20-21,24,28,31,33H,3-9,16-19H2,1-2H3,(H3,30,32,40)/t24-,28+/m1/s1. The Balaban J connectivity index is 1.50. The number of rotatable bonds is 18. The SMILES string of the molecule is [CH2]c1ccc(NC[C@@H](CCCNC(N)=O)n2cc([C@@H](NCCCCCCN3C(=O)C=CC3=O)C(C)C)nn2)cc1. The minimum atomic E-state index is -0.522. The molecule has 2 atom stereocenters. The molecular formula is C29H43N8O3. The van der Waals surface area contributed by atoms with Crippen LogP contribution in [0.15, 0.2) is 42.6 Å². The fourth-order valence-corrected chi connectivity index (χ4v) is 4.69. The summed E-state index contributed by atoms with van der Waals surface area (Å²) < 4.78 is 1.91. The highest BCUT2D eigenvalue weighted by Gasteiger charge is 2.23. The van der Waals surface area contributed by atoms with Crippen LogP contribution in [0.5, 0.6) is 0 Å². The van der Waals surface area contributed by atoms with Gasteiger partial charge in [0.1, 0.15) is 0 Å². The largest absolute Gasteiger partial charge is 0.383 e. The third kappa shape index (κ3) is 9.78. The van der Waals surface area contributed by atoms with Crippen LogP contribution >= 0.6 is 0 Å². The summed E-state index contributed by atoms with van der Waals surface area (Å²) in [4.78, 5) is 35.6. The molecule has 1 aliphatic rings. The zero-order chi connectivity index (χ0) is 28.9. The van der Waals surface area contributed by atoms with E-state index in [0.717, 1.165) is 62.0 Å². The van der Waals surface area contributed by atoms with E-state index in [0.29, 0.717) is 25.6 Å². The number of aromatic nitrogens is 3. The lowest BCUT2D eigenvalue weighted by Gasteiger charge is -2.21. The number of imide groups is 1. The second kappa shape index (κ2) is 15.8. The van der Waals surface area contributed by atoms with Gasteiger partial charge in [-0.2, -0.15) is 0 Å². The number of urea groups is 1. The van der Waals surface area contributed by atoms with Crippen molar-refractivity contribution in [3.8, 4) is 0 Å². The number of carbonyl (C=O) groups excluding carboxylic acids is 3. The molecule has 1 aromatic heterocycles. The molecule has 0 saturated heterocycles. The highest BCUT2D eigenvalue weighted by Crippen LogP contribution is 2.22. The fraction of sp³-hybridized carbons (Fsp3) is 0.517. The number of hydrogen-bond acceptors (Lipinski definition) is 7. The summed E-state index contributed by atoms with van der Waals surface area (Å²) in [7, 11) is 0. The van der Waals surface area contributed by atoms with Crippen molar-refractivity contribution >= 4 is 23.5 Å². The van der Waals surface area contributed by atoms with E-state index in [1.165, 1.54) is 17.1 Å². The minimum absolute atomic E-state index is 0.0349. The second-order valence-electron chi connectivity index (χ2n) is 10.5. The zero-order valence-electron chi connectivity index (χ0n) is 23.6. The summed E-state index contributed by atoms with van der Waals surface area (Å²) in [6, 6.07) is 7.51. The first kappa shape index (κ1) is 30.8. The summed E-state index contributed by atoms with van der Waals surface area (Å²) in [5, 5.41) is 18.8. The van der Waals surface area contributed by atoms with Gasteiger partial charge in [-0.1, -0.05) is 44.0 Å². The lowest BCUT2D eigenvalue weighted by atomic mass is 10.0. The minimum Gasteiger partial charge on any atom is -0.383 e. The highest BCUT2D eigenvalue weighted by atomic mass is 16.2. The van der Waals surface area contributed by atoms with Crippen LogP contribution in [0, 0.1) is 12.8 Å². The molecule has 5 N–H and O–H groups in total. The molecule has 11 heteroatoms. The number of benzene rings is 1. The second-order valence-corrected chi connectivity index (χ2v) is 10.5. The Morgan fingerprint density at radius 1 is 1.00 bits per heavy atom. The molecule has 3 rings (SSSR count). The van der Waals surface area contributed by atoms with E-state index < -0.39 is 6.03 Å². The van der Waals surface area contributed by atoms with Gasteiger partial charge in [0.2, 0.25) is 0 Å². The van der Waals surface area contributed by atoms with Crippen molar-refractivity contribution in [2.24, 2.45) is 11.7 Å². The van der Waals surface area contributed by atoms with E-state index >= 15 is 0 Å². The van der Waals surface area contributed by atoms with E-state index in [2.05, 4.69) is 47.0 Å². The first-order valence-electron chi connectivity index (χ1n) is 14.1. The fourth-order valence-electron chi connectivity index (χ4n) is 4.69. The van der Waals surface area contributed by atoms with E-state index in [9.17, 15) is 14.4 Å². The summed E-state index contributed by atoms with van der Waals surface area (Å²) >= 11 is 0. The predicted octanol–water partition coefficient (Wildman–Crippen LogP) is 3.33. The Morgan fingerprint density at radius 2 is 1.70 bits per heavy atom. The molecule has 1 aromatic carbocycles. The van der Waals surface area contributed by atoms with Gasteiger partial charge in [-0.3, -0.25) is 14.5 Å². The Labute approximate surface area is 236 Å². The molecule has 0 bridgehead atoms. The number of nitrogens with zero attached hydrogens (tertiary/aromatic N) is 4. The van der Waals surface area contributed by atoms with Gasteiger partial charge < -0.3 is 21.7 Å². The van der Waals surface area contributed by atoms with Crippen molar-refractivity contribution in [1.82, 2.24) is 30.5 Å². The molecule has 2 aromatic rings. The van der Waals surface area contributed by atoms with E-state index in [-0.39, 0.29) is 23.9 Å². The molecule has 40 heavy (non-hydrogen) atoms. The van der Waals surface area contributed by atoms with Crippen LogP contribution in [-0.2, 0) is 9.59 Å². The third-order valence-electron chi connectivity index (χ3n) is 6.97. The maximum absolute atomic E-state index is 11.6. The number of primary amides is 1. The molecule has 0 spiro atoms. The normalized spacial score (nSPS) is 14.7. The van der Waals surface area contributed by atoms with Gasteiger partial charge >= 0.3 is 6.03 Å². The number of anilines is 1. The Kier molecular flexibility index (Phi) is 12.1. The summed E-state index contributed by atoms with van der Waals surface area (Å²) in [5.74, 6) is -0.109. The van der Waals surface area contributed by atoms with Crippen LogP contribution in [0.25, 0.3) is 0 Å². The smallest absolute Gasteiger partial charge is 0.312 e. The molecule has 1 radical (unpaired) electrons. The summed E-state index contributed by atoms with van der Waals surface area (Å²) in [5.41, 5.74) is 8.07. The molecule has 217 valence electrons. The van der Waals surface area contributed by atoms with Gasteiger partial charge in [0, 0.05) is 37.5 Å². The topological polar surface area (TPSA) is 147 Å². The van der Waals surface area contributed by atoms with Crippen molar-refractivity contribution in [3.05, 3.63) is 60.8 Å². The lowest BCUT2D eigenvalue weighted by Crippen LogP contribution is -2.30. The molecule has 0 saturated carbocycles. The molecule has 0 unspecified atom stereocenters. The van der Waals surface area contributed by atoms with Gasteiger partial charge in [0.25, 0.3) is 11.8 Å². The molecule has 11 nitrogen and oxygen atoms in total. The molecule has 0 aliphatic carbocycles. The van der Waals surface area contributed by atoms with Crippen molar-refractivity contribution in [2.45, 2.75) is 64.5 Å². The van der Waals surface area contributed by atoms with Crippen molar-refractivity contribution in [2.75, 3.05) is 31.5 Å². The number of carbonyl (C=O) groups is 3. The average Bonchev–Trinajstić information content (AvgIpc) is 3.52. The lowest BCUT2D eigenvalue weighted by molar-refractivity contribution is -0.136. The van der Waals surface area contributed by atoms with Crippen molar-refractivity contribution in [1.29, 1.82) is 0 Å². The predicted molar refractivity (Wildman–Crippen MR) is 155 cm³/mol. The van der Waals surface area contributed by atoms with Gasteiger partial charge in [0.05, 0.1) is 24.0 Å². The first-order chi connectivity index (χ1) is 19.2. The molecule has 4 amide bonds. The van der Waals surface area contributed by atoms with Crippen LogP contribution < -0.4 is 21.7 Å². The van der Waals surface area contributed by atoms with Crippen LogP contribution in [0.4, 0.5) is 10.5 Å². The molecule has 1 aliphatic heterocycles. The Bertz CT molecular complexity index is 1110. The van der Waals surface area contributed by atoms with Gasteiger partial charge in [-0.25, -0.2) is 9.48 Å². The maximum atomic E-state index is 11.6. The number of hydrogen-bond donors (Lipinski definition) is 4. The highest BCUT2D eigenvalue weighted by molar-refractivity contribution is 6.12. The number of nitrogens with two attached hydrogens (primary N) is 1. The zero-order valence-corrected chi connectivity index (χ0v) is 23.6. The Hall–Kier alpha value is -3.73. The van der Waals surface area contributed by atoms with E-state index in [1.54, 1.807) is 0 Å². The van der Waals surface area contributed by atoms with E-state index in [4.69, 9.17) is 5.73 Å². The molecular weight excluding hydrogens is 508 g/mol. The van der Waals surface area contributed by atoms with Gasteiger partial charge in [-0.15, -0.1) is 5.10 Å². The quantitative estimate of drug-likeness (QED) is 0.164. The molecule has 0 fully saturated rings. The number of unbranched alkanes of at least 4 members (excludes halogenated alkanes) is 3. The number of amides is 4. The maximum Gasteiger partial charge on any atom is 0.312 e. The van der Waals surface area contributed by atoms with Gasteiger partial charge in [-0.05, 0) is 62.8 Å². The van der Waals surface area contributed by atoms with Crippen LogP contribution in [0.3, 0.4) is 0 Å². The number of nitrogens with one attached hydrogen (secondary N) is 3. The van der Waals surface area contributed by atoms with Crippen molar-refractivity contribution in [3.63, 3.8) is 0 Å².